The van der Waals surface area contributed by atoms with Crippen LogP contribution in [-0.4, -0.2) is 193 Å². The van der Waals surface area contributed by atoms with Crippen LogP contribution in [0.2, 0.25) is 20.5 Å². The van der Waals surface area contributed by atoms with Crippen molar-refractivity contribution in [2.75, 3.05) is 68.3 Å². The average molecular weight is 2090 g/mol. The molecule has 1 aliphatic rings. The molecule has 3 aromatic carbocycles. The van der Waals surface area contributed by atoms with Crippen molar-refractivity contribution in [3.05, 3.63) is 114 Å². The Balaban J connectivity index is -0.000000179. The number of nitrogens with two attached hydrogens (primary N) is 1. The van der Waals surface area contributed by atoms with Gasteiger partial charge in [0.1, 0.15) is 24.4 Å². The monoisotopic (exact) mass is 2090 g/mol. The van der Waals surface area contributed by atoms with Crippen LogP contribution in [0.3, 0.4) is 0 Å². The van der Waals surface area contributed by atoms with Crippen LogP contribution in [-0.2, 0) is 88.5 Å². The standard InChI is InChI=1S/C21H35BN2O5.C20H31BN2O4.C13H16O3.C8H19BN2O3.CH3.3Ac.BHO.Na.H2O2.Pd/c1-15-9-11-17(12-10-15)18(16(2)20(25)28-4)14-23-19(21(26)29-5)8-6-7-13-24-22(3)27;1-15-8-10-16(11-9-15)20(2)12-14-23(19(20)25)17(18(24)27-4)7-5-6-13-22-21(3)26;1-10-4-6-11(7-5-10)13(2,8-9-14)12(15)16-3;1-9(13)11-6-4-3-5-7(10)8(12)14-2;;;;;1-2;;1-2;/h9-12,16,18-19,23-24,27H,6-8,13-14H2,1-5H3;8-11,17,22,26H,5-7,12-14H2,1-4H3;4-7,9H,8H2,1-3H3;7,11,13H,3-6,10H2,1-2H3;1H3;;;;2H;;1-2H;/q;;;;-1;;;;-1;+1;;/t16?,18?,19-;17-,20+;;7-;;;;;;;;/m11.1......../s1. The first kappa shape index (κ1) is 112. The summed E-state index contributed by atoms with van der Waals surface area (Å²) < 4.78 is 24.1. The number of aryl methyl sites for hydroxylation is 3. The molecule has 7 atom stereocenters. The van der Waals surface area contributed by atoms with Crippen molar-refractivity contribution in [3.8, 4) is 0 Å². The molecule has 1 heterocycles. The van der Waals surface area contributed by atoms with E-state index in [0.717, 1.165) is 84.7 Å². The van der Waals surface area contributed by atoms with Gasteiger partial charge in [-0.25, -0.2) is 4.79 Å². The summed E-state index contributed by atoms with van der Waals surface area (Å²) in [6.07, 6.45) is 8.30. The normalized spacial score (nSPS) is 14.3. The molecule has 3 unspecified atom stereocenters. The summed E-state index contributed by atoms with van der Waals surface area (Å²) in [5.74, 6) is -2.21. The quantitative estimate of drug-likeness (QED) is 0.00604. The third-order valence-corrected chi connectivity index (χ3v) is 15.3. The number of hydrogen-bond donors (Lipinski definition) is 11. The SMILES string of the molecule is COC(=O)C(C)(CC=O)c1ccc(C)cc1.COC(=O)C(C)C(CN[C@H](CCCCNB(C)O)C(=O)OC)c1ccc(C)cc1.COC(=O)[C@@H](CCCCNB(C)O)N1CC[C@@](C)(c2ccc(C)cc2)C1=O.COC(=O)[C@H](N)CCCCNB(C)O.OO.[Ac].[Ac].[Ac].[B-]O.[CH3-].[Na+].[Pd]. The van der Waals surface area contributed by atoms with Gasteiger partial charge in [0.25, 0.3) is 0 Å². The first-order chi connectivity index (χ1) is 42.7. The van der Waals surface area contributed by atoms with Gasteiger partial charge in [0.05, 0.1) is 52.3 Å². The van der Waals surface area contributed by atoms with E-state index in [2.05, 4.69) is 33.8 Å². The molecule has 4 rings (SSSR count). The molecule has 0 aromatic heterocycles. The largest absolute Gasteiger partial charge is 1.00 e. The van der Waals surface area contributed by atoms with Crippen LogP contribution in [0, 0.1) is 166 Å². The minimum Gasteiger partial charge on any atom is -0.715 e. The van der Waals surface area contributed by atoms with Gasteiger partial charge in [0, 0.05) is 178 Å². The van der Waals surface area contributed by atoms with E-state index in [-0.39, 0.29) is 244 Å². The van der Waals surface area contributed by atoms with Gasteiger partial charge in [-0.1, -0.05) is 109 Å². The predicted octanol–water partition coefficient (Wildman–Crippen LogP) is 1.69. The Morgan fingerprint density at radius 2 is 1.05 bits per heavy atom. The summed E-state index contributed by atoms with van der Waals surface area (Å²) in [6, 6.07) is 22.1. The number of methoxy groups -OCH3 is 5. The molecule has 0 bridgehead atoms. The van der Waals surface area contributed by atoms with Crippen molar-refractivity contribution in [2.24, 2.45) is 11.7 Å². The molecule has 24 nitrogen and oxygen atoms in total. The molecule has 1 fully saturated rings. The van der Waals surface area contributed by atoms with E-state index in [0.29, 0.717) is 51.9 Å². The molecule has 1 saturated heterocycles. The number of nitrogens with zero attached hydrogens (tertiary/aromatic N) is 1. The Morgan fingerprint density at radius 3 is 1.45 bits per heavy atom. The summed E-state index contributed by atoms with van der Waals surface area (Å²) in [5, 5.41) is 57.9. The maximum absolute atomic E-state index is 13.2. The minimum absolute atomic E-state index is 0. The summed E-state index contributed by atoms with van der Waals surface area (Å²) in [4.78, 5) is 84.9. The van der Waals surface area contributed by atoms with Gasteiger partial charge in [-0.15, -0.1) is 0 Å². The topological polar surface area (TPSA) is 364 Å². The zero-order valence-corrected chi connectivity index (χ0v) is 77.5. The number of ether oxygens (including phenoxy) is 5. The fourth-order valence-corrected chi connectivity index (χ4v) is 9.61. The van der Waals surface area contributed by atoms with Crippen LogP contribution in [0.15, 0.2) is 72.8 Å². The average Bonchev–Trinajstić information content (AvgIpc) is 1.54. The predicted molar refractivity (Wildman–Crippen MR) is 358 cm³/mol. The zero-order chi connectivity index (χ0) is 69.0. The summed E-state index contributed by atoms with van der Waals surface area (Å²) in [7, 11) is 8.72. The molecule has 6 radical (unpaired) electrons. The van der Waals surface area contributed by atoms with E-state index in [1.54, 1.807) is 32.3 Å². The van der Waals surface area contributed by atoms with Crippen LogP contribution < -0.4 is 56.3 Å². The molecular formula is C63H107Ac3B4N6NaO18Pd-. The van der Waals surface area contributed by atoms with Gasteiger partial charge in [-0.2, -0.15) is 0 Å². The van der Waals surface area contributed by atoms with Crippen LogP contribution in [0.4, 0.5) is 0 Å². The van der Waals surface area contributed by atoms with Gasteiger partial charge < -0.3 is 95.7 Å². The number of benzene rings is 3. The maximum atomic E-state index is 13.2. The Hall–Kier alpha value is -0.0432. The number of carbonyl (C=O) groups is 7. The number of nitrogens with one attached hydrogen (secondary N) is 4. The van der Waals surface area contributed by atoms with Crippen LogP contribution in [0.25, 0.3) is 0 Å². The van der Waals surface area contributed by atoms with Crippen LogP contribution in [0.5, 0.6) is 0 Å². The number of aldehydes is 1. The van der Waals surface area contributed by atoms with Crippen molar-refractivity contribution in [1.29, 1.82) is 0 Å². The third-order valence-electron chi connectivity index (χ3n) is 15.3. The van der Waals surface area contributed by atoms with Crippen molar-refractivity contribution in [2.45, 2.75) is 168 Å². The number of amides is 1. The maximum Gasteiger partial charge on any atom is 1.00 e. The zero-order valence-electron chi connectivity index (χ0n) is 59.7. The molecule has 96 heavy (non-hydrogen) atoms. The summed E-state index contributed by atoms with van der Waals surface area (Å²) in [5.41, 5.74) is 10.3. The first-order valence-electron chi connectivity index (χ1n) is 30.3. The molecule has 0 saturated carbocycles. The Labute approximate surface area is 718 Å². The third kappa shape index (κ3) is 44.6. The molecule has 1 aliphatic heterocycles. The van der Waals surface area contributed by atoms with E-state index in [4.69, 9.17) is 45.2 Å². The smallest absolute Gasteiger partial charge is 0.715 e. The molecule has 33 heteroatoms. The Kier molecular flexibility index (Phi) is 76.5. The second-order valence-electron chi connectivity index (χ2n) is 22.4. The van der Waals surface area contributed by atoms with E-state index >= 15 is 0 Å². The summed E-state index contributed by atoms with van der Waals surface area (Å²) >= 11 is 0. The molecule has 3 aromatic rings. The van der Waals surface area contributed by atoms with Crippen molar-refractivity contribution >= 4 is 71.2 Å². The minimum atomic E-state index is -0.885. The van der Waals surface area contributed by atoms with Gasteiger partial charge in [-0.3, -0.25) is 34.5 Å². The molecule has 0 spiro atoms. The number of rotatable bonds is 33. The molecule has 0 aliphatic carbocycles. The van der Waals surface area contributed by atoms with Crippen molar-refractivity contribution in [3.63, 3.8) is 0 Å². The van der Waals surface area contributed by atoms with Crippen molar-refractivity contribution in [1.82, 2.24) is 25.9 Å². The van der Waals surface area contributed by atoms with Gasteiger partial charge in [0.2, 0.25) is 5.91 Å². The molecule has 1 amide bonds. The van der Waals surface area contributed by atoms with Crippen LogP contribution in [0.1, 0.15) is 131 Å². The number of esters is 5. The van der Waals surface area contributed by atoms with Gasteiger partial charge in [-0.05, 0) is 143 Å². The summed E-state index contributed by atoms with van der Waals surface area (Å²) in [6.45, 7) is 19.6. The van der Waals surface area contributed by atoms with Crippen LogP contribution >= 0.6 is 0 Å². The number of hydrogen-bond acceptors (Lipinski definition) is 23. The fourth-order valence-electron chi connectivity index (χ4n) is 9.61. The molecule has 530 valence electrons. The first-order valence-corrected chi connectivity index (χ1v) is 30.3. The van der Waals surface area contributed by atoms with Gasteiger partial charge >= 0.3 is 80.6 Å². The Bertz CT molecular complexity index is 2510. The number of unbranched alkanes of at least 4 members (excludes halogenated alkanes) is 3. The second-order valence-corrected chi connectivity index (χ2v) is 22.4. The van der Waals surface area contributed by atoms with E-state index in [9.17, 15) is 43.6 Å². The van der Waals surface area contributed by atoms with Crippen molar-refractivity contribution < 1.29 is 270 Å². The number of likely N-dealkylation sites (tertiary alicyclic amines) is 1. The number of carbonyl (C=O) groups excluding carboxylic acids is 7. The second kappa shape index (κ2) is 65.7. The van der Waals surface area contributed by atoms with E-state index < -0.39 is 50.1 Å². The van der Waals surface area contributed by atoms with E-state index in [1.165, 1.54) is 35.5 Å². The molecule has 12 N–H and O–H groups in total. The van der Waals surface area contributed by atoms with E-state index in [1.807, 2.05) is 107 Å². The van der Waals surface area contributed by atoms with Gasteiger partial charge in [0.15, 0.2) is 0 Å². The fraction of sp³-hybridized carbons (Fsp3) is 0.587. The Morgan fingerprint density at radius 1 is 0.656 bits per heavy atom. The molecular weight excluding hydrogens is 1980 g/mol.